The molecule has 6 nitrogen and oxygen atoms in total. The third kappa shape index (κ3) is 6.47. The highest BCUT2D eigenvalue weighted by molar-refractivity contribution is 9.10. The van der Waals surface area contributed by atoms with Crippen LogP contribution in [0.2, 0.25) is 0 Å². The number of para-hydroxylation sites is 1. The van der Waals surface area contributed by atoms with Crippen molar-refractivity contribution in [2.45, 2.75) is 39.5 Å². The summed E-state index contributed by atoms with van der Waals surface area (Å²) >= 11 is 3.29. The number of hydrogen-bond donors (Lipinski definition) is 2. The van der Waals surface area contributed by atoms with E-state index in [0.717, 1.165) is 11.1 Å². The average Bonchev–Trinajstić information content (AvgIpc) is 2.67. The van der Waals surface area contributed by atoms with Gasteiger partial charge in [-0.1, -0.05) is 45.9 Å². The number of halogens is 1. The van der Waals surface area contributed by atoms with E-state index in [1.165, 1.54) is 9.80 Å². The molecule has 170 valence electrons. The molecule has 0 aliphatic heterocycles. The van der Waals surface area contributed by atoms with Crippen molar-refractivity contribution in [3.8, 4) is 11.5 Å². The van der Waals surface area contributed by atoms with Crippen molar-refractivity contribution in [3.63, 3.8) is 0 Å². The standard InChI is InChI=1S/C12H16BrNO2.C12H17NO2/c1-7(2)8-5-6-9(13)10(11(8)15)12(16)14(3)4;1-8(2)9-6-5-7-10(11(9)14)12(15)13(3)4/h5-7,15H,1-4H3;5-8,14H,1-4H3. The van der Waals surface area contributed by atoms with Crippen LogP contribution in [0.1, 0.15) is 71.4 Å². The largest absolute Gasteiger partial charge is 0.507 e. The Bertz CT molecular complexity index is 937. The lowest BCUT2D eigenvalue weighted by atomic mass is 9.98. The van der Waals surface area contributed by atoms with E-state index in [0.29, 0.717) is 15.6 Å². The van der Waals surface area contributed by atoms with Crippen LogP contribution in [0, 0.1) is 0 Å². The summed E-state index contributed by atoms with van der Waals surface area (Å²) in [5.41, 5.74) is 2.29. The molecule has 0 heterocycles. The van der Waals surface area contributed by atoms with Gasteiger partial charge in [0.15, 0.2) is 0 Å². The highest BCUT2D eigenvalue weighted by Crippen LogP contribution is 2.34. The van der Waals surface area contributed by atoms with Gasteiger partial charge in [0, 0.05) is 32.7 Å². The van der Waals surface area contributed by atoms with Gasteiger partial charge >= 0.3 is 0 Å². The fourth-order valence-electron chi connectivity index (χ4n) is 2.92. The van der Waals surface area contributed by atoms with Crippen molar-refractivity contribution in [1.82, 2.24) is 9.80 Å². The molecule has 2 aromatic rings. The molecule has 0 saturated carbocycles. The van der Waals surface area contributed by atoms with Crippen molar-refractivity contribution in [2.75, 3.05) is 28.2 Å². The lowest BCUT2D eigenvalue weighted by Crippen LogP contribution is -2.22. The monoisotopic (exact) mass is 492 g/mol. The number of amides is 2. The van der Waals surface area contributed by atoms with Crippen molar-refractivity contribution in [1.29, 1.82) is 0 Å². The van der Waals surface area contributed by atoms with Gasteiger partial charge in [0.05, 0.1) is 11.1 Å². The molecule has 0 aliphatic rings. The number of nitrogens with zero attached hydrogens (tertiary/aromatic N) is 2. The Balaban J connectivity index is 0.000000311. The van der Waals surface area contributed by atoms with Crippen LogP contribution < -0.4 is 0 Å². The van der Waals surface area contributed by atoms with Crippen molar-refractivity contribution < 1.29 is 19.8 Å². The molecule has 0 aromatic heterocycles. The maximum absolute atomic E-state index is 11.9. The molecule has 2 rings (SSSR count). The van der Waals surface area contributed by atoms with E-state index in [9.17, 15) is 19.8 Å². The van der Waals surface area contributed by atoms with E-state index >= 15 is 0 Å². The number of carbonyl (C=O) groups is 2. The molecule has 0 unspecified atom stereocenters. The van der Waals surface area contributed by atoms with Crippen molar-refractivity contribution in [3.05, 3.63) is 57.1 Å². The Labute approximate surface area is 193 Å². The fraction of sp³-hybridized carbons (Fsp3) is 0.417. The van der Waals surface area contributed by atoms with E-state index in [4.69, 9.17) is 0 Å². The average molecular weight is 493 g/mol. The Kier molecular flexibility index (Phi) is 9.56. The summed E-state index contributed by atoms with van der Waals surface area (Å²) in [5, 5.41) is 20.0. The predicted octanol–water partition coefficient (Wildman–Crippen LogP) is 5.20. The van der Waals surface area contributed by atoms with E-state index in [1.807, 2.05) is 39.8 Å². The van der Waals surface area contributed by atoms with Crippen molar-refractivity contribution in [2.24, 2.45) is 0 Å². The first-order valence-corrected chi connectivity index (χ1v) is 10.9. The van der Waals surface area contributed by atoms with Gasteiger partial charge in [-0.15, -0.1) is 0 Å². The number of hydrogen-bond acceptors (Lipinski definition) is 4. The van der Waals surface area contributed by atoms with Crippen LogP contribution in [-0.2, 0) is 0 Å². The second-order valence-electron chi connectivity index (χ2n) is 8.31. The van der Waals surface area contributed by atoms with Crippen molar-refractivity contribution >= 4 is 27.7 Å². The van der Waals surface area contributed by atoms with Crippen LogP contribution in [0.25, 0.3) is 0 Å². The highest BCUT2D eigenvalue weighted by Gasteiger charge is 2.21. The minimum atomic E-state index is -0.202. The molecular formula is C24H33BrN2O4. The van der Waals surface area contributed by atoms with E-state index in [1.54, 1.807) is 46.4 Å². The molecule has 0 atom stereocenters. The maximum Gasteiger partial charge on any atom is 0.258 e. The smallest absolute Gasteiger partial charge is 0.258 e. The van der Waals surface area contributed by atoms with Gasteiger partial charge in [0.25, 0.3) is 11.8 Å². The molecule has 7 heteroatoms. The zero-order valence-electron chi connectivity index (χ0n) is 19.5. The molecule has 0 fully saturated rings. The number of carbonyl (C=O) groups excluding carboxylic acids is 2. The summed E-state index contributed by atoms with van der Waals surface area (Å²) in [6, 6.07) is 8.91. The molecule has 0 saturated heterocycles. The number of phenolic OH excluding ortho intramolecular Hbond substituents is 2. The number of aromatic hydroxyl groups is 2. The van der Waals surface area contributed by atoms with Crippen LogP contribution in [0.15, 0.2) is 34.8 Å². The molecule has 0 radical (unpaired) electrons. The second kappa shape index (κ2) is 11.2. The summed E-state index contributed by atoms with van der Waals surface area (Å²) < 4.78 is 0.619. The number of phenols is 2. The first-order chi connectivity index (χ1) is 14.3. The molecular weight excluding hydrogens is 460 g/mol. The number of benzene rings is 2. The molecule has 2 N–H and O–H groups in total. The first-order valence-electron chi connectivity index (χ1n) is 10.1. The fourth-order valence-corrected chi connectivity index (χ4v) is 3.41. The van der Waals surface area contributed by atoms with Crippen LogP contribution >= 0.6 is 15.9 Å². The van der Waals surface area contributed by atoms with E-state index in [2.05, 4.69) is 15.9 Å². The second-order valence-corrected chi connectivity index (χ2v) is 9.17. The molecule has 0 spiro atoms. The van der Waals surface area contributed by atoms with Gasteiger partial charge in [0.1, 0.15) is 11.5 Å². The Morgan fingerprint density at radius 1 is 0.774 bits per heavy atom. The SMILES string of the molecule is CC(C)c1ccc(Br)c(C(=O)N(C)C)c1O.CC(C)c1cccc(C(=O)N(C)C)c1O. The molecule has 0 aliphatic carbocycles. The zero-order valence-corrected chi connectivity index (χ0v) is 21.1. The molecule has 2 aromatic carbocycles. The summed E-state index contributed by atoms with van der Waals surface area (Å²) in [7, 11) is 6.67. The summed E-state index contributed by atoms with van der Waals surface area (Å²) in [4.78, 5) is 26.5. The van der Waals surface area contributed by atoms with Gasteiger partial charge in [-0.3, -0.25) is 9.59 Å². The van der Waals surface area contributed by atoms with Gasteiger partial charge in [-0.25, -0.2) is 0 Å². The summed E-state index contributed by atoms with van der Waals surface area (Å²) in [6.07, 6.45) is 0. The topological polar surface area (TPSA) is 81.1 Å². The Hall–Kier alpha value is -2.54. The Morgan fingerprint density at radius 3 is 1.71 bits per heavy atom. The number of rotatable bonds is 4. The van der Waals surface area contributed by atoms with Crippen LogP contribution in [0.5, 0.6) is 11.5 Å². The zero-order chi connectivity index (χ0) is 24.0. The summed E-state index contributed by atoms with van der Waals surface area (Å²) in [6.45, 7) is 7.93. The minimum Gasteiger partial charge on any atom is -0.507 e. The molecule has 2 amide bonds. The third-order valence-electron chi connectivity index (χ3n) is 4.73. The maximum atomic E-state index is 11.9. The lowest BCUT2D eigenvalue weighted by Gasteiger charge is -2.16. The van der Waals surface area contributed by atoms with Gasteiger partial charge in [-0.05, 0) is 51.0 Å². The summed E-state index contributed by atoms with van der Waals surface area (Å²) in [5.74, 6) is 0.192. The lowest BCUT2D eigenvalue weighted by molar-refractivity contribution is 0.0816. The quantitative estimate of drug-likeness (QED) is 0.614. The first kappa shape index (κ1) is 26.5. The van der Waals surface area contributed by atoms with E-state index < -0.39 is 0 Å². The highest BCUT2D eigenvalue weighted by atomic mass is 79.9. The predicted molar refractivity (Wildman–Crippen MR) is 128 cm³/mol. The van der Waals surface area contributed by atoms with Crippen LogP contribution in [0.4, 0.5) is 0 Å². The third-order valence-corrected chi connectivity index (χ3v) is 5.39. The molecule has 0 bridgehead atoms. The minimum absolute atomic E-state index is 0.0723. The molecule has 31 heavy (non-hydrogen) atoms. The van der Waals surface area contributed by atoms with Gasteiger partial charge < -0.3 is 20.0 Å². The normalized spacial score (nSPS) is 10.5. The van der Waals surface area contributed by atoms with E-state index in [-0.39, 0.29) is 35.1 Å². The Morgan fingerprint density at radius 2 is 1.26 bits per heavy atom. The van der Waals surface area contributed by atoms with Crippen LogP contribution in [0.3, 0.4) is 0 Å². The van der Waals surface area contributed by atoms with Gasteiger partial charge in [0.2, 0.25) is 0 Å². The van der Waals surface area contributed by atoms with Gasteiger partial charge in [-0.2, -0.15) is 0 Å². The van der Waals surface area contributed by atoms with Crippen LogP contribution in [-0.4, -0.2) is 60.0 Å².